The predicted molar refractivity (Wildman–Crippen MR) is 66.3 cm³/mol. The van der Waals surface area contributed by atoms with Gasteiger partial charge in [-0.25, -0.2) is 4.98 Å². The Balaban J connectivity index is 1.99. The van der Waals surface area contributed by atoms with E-state index in [1.54, 1.807) is 6.20 Å². The molecule has 0 amide bonds. The van der Waals surface area contributed by atoms with Crippen LogP contribution >= 0.6 is 0 Å². The maximum absolute atomic E-state index is 4.03. The number of allylic oxidation sites excluding steroid dienone is 1. The third-order valence-corrected chi connectivity index (χ3v) is 2.58. The summed E-state index contributed by atoms with van der Waals surface area (Å²) in [6.45, 7) is 4.62. The summed E-state index contributed by atoms with van der Waals surface area (Å²) in [6, 6.07) is 8.74. The molecule has 2 heteroatoms. The van der Waals surface area contributed by atoms with E-state index in [4.69, 9.17) is 0 Å². The Hall–Kier alpha value is -1.83. The summed E-state index contributed by atoms with van der Waals surface area (Å²) >= 11 is 0. The highest BCUT2D eigenvalue weighted by molar-refractivity contribution is 5.23. The molecule has 0 aliphatic rings. The maximum atomic E-state index is 4.03. The van der Waals surface area contributed by atoms with Crippen LogP contribution in [0.1, 0.15) is 17.5 Å². The number of hydrogen-bond acceptors (Lipinski definition) is 1. The van der Waals surface area contributed by atoms with Gasteiger partial charge in [-0.1, -0.05) is 30.3 Å². The summed E-state index contributed by atoms with van der Waals surface area (Å²) in [6.07, 6.45) is 9.70. The molecule has 0 aliphatic carbocycles. The molecule has 1 aromatic heterocycles. The number of hydrogen-bond donors (Lipinski definition) is 0. The number of aromatic nitrogens is 2. The van der Waals surface area contributed by atoms with Crippen LogP contribution in [0.15, 0.2) is 55.6 Å². The molecule has 0 bridgehead atoms. The van der Waals surface area contributed by atoms with E-state index in [2.05, 4.69) is 40.4 Å². The Labute approximate surface area is 96.3 Å². The highest BCUT2D eigenvalue weighted by Gasteiger charge is 1.95. The zero-order chi connectivity index (χ0) is 11.2. The van der Waals surface area contributed by atoms with Crippen molar-refractivity contribution in [2.75, 3.05) is 0 Å². The van der Waals surface area contributed by atoms with Crippen molar-refractivity contribution in [3.8, 4) is 0 Å². The molecule has 2 aromatic rings. The van der Waals surface area contributed by atoms with Crippen molar-refractivity contribution in [1.82, 2.24) is 9.55 Å². The van der Waals surface area contributed by atoms with E-state index >= 15 is 0 Å². The Morgan fingerprint density at radius 2 is 1.94 bits per heavy atom. The van der Waals surface area contributed by atoms with Crippen LogP contribution in [0.2, 0.25) is 0 Å². The average molecular weight is 212 g/mol. The van der Waals surface area contributed by atoms with Crippen LogP contribution < -0.4 is 0 Å². The Kier molecular flexibility index (Phi) is 3.54. The SMILES string of the molecule is C=CCCc1ccc(Cn2ccnc2)cc1. The Bertz CT molecular complexity index is 426. The third-order valence-electron chi connectivity index (χ3n) is 2.58. The first-order valence-corrected chi connectivity index (χ1v) is 5.53. The van der Waals surface area contributed by atoms with Crippen molar-refractivity contribution in [1.29, 1.82) is 0 Å². The van der Waals surface area contributed by atoms with E-state index < -0.39 is 0 Å². The van der Waals surface area contributed by atoms with Gasteiger partial charge in [-0.3, -0.25) is 0 Å². The minimum absolute atomic E-state index is 0.891. The summed E-state index contributed by atoms with van der Waals surface area (Å²) in [4.78, 5) is 4.03. The van der Waals surface area contributed by atoms with E-state index in [1.807, 2.05) is 18.6 Å². The summed E-state index contributed by atoms with van der Waals surface area (Å²) in [5.41, 5.74) is 2.68. The molecule has 0 saturated carbocycles. The van der Waals surface area contributed by atoms with Crippen LogP contribution in [0.3, 0.4) is 0 Å². The van der Waals surface area contributed by atoms with Crippen molar-refractivity contribution in [3.05, 3.63) is 66.8 Å². The van der Waals surface area contributed by atoms with Gasteiger partial charge < -0.3 is 4.57 Å². The lowest BCUT2D eigenvalue weighted by Gasteiger charge is -2.04. The lowest BCUT2D eigenvalue weighted by atomic mass is 10.1. The van der Waals surface area contributed by atoms with Gasteiger partial charge >= 0.3 is 0 Å². The molecule has 2 rings (SSSR count). The molecular formula is C14H16N2. The van der Waals surface area contributed by atoms with Crippen LogP contribution in [0, 0.1) is 0 Å². The molecule has 16 heavy (non-hydrogen) atoms. The zero-order valence-corrected chi connectivity index (χ0v) is 9.34. The van der Waals surface area contributed by atoms with E-state index in [1.165, 1.54) is 11.1 Å². The zero-order valence-electron chi connectivity index (χ0n) is 9.34. The monoisotopic (exact) mass is 212 g/mol. The van der Waals surface area contributed by atoms with Gasteiger partial charge in [0.1, 0.15) is 0 Å². The van der Waals surface area contributed by atoms with Gasteiger partial charge in [0.2, 0.25) is 0 Å². The van der Waals surface area contributed by atoms with Crippen LogP contribution in [0.25, 0.3) is 0 Å². The fourth-order valence-electron chi connectivity index (χ4n) is 1.67. The first-order valence-electron chi connectivity index (χ1n) is 5.53. The number of imidazole rings is 1. The standard InChI is InChI=1S/C14H16N2/c1-2-3-4-13-5-7-14(8-6-13)11-16-10-9-15-12-16/h2,5-10,12H,1,3-4,11H2. The van der Waals surface area contributed by atoms with Crippen molar-refractivity contribution >= 4 is 0 Å². The van der Waals surface area contributed by atoms with E-state index in [-0.39, 0.29) is 0 Å². The van der Waals surface area contributed by atoms with E-state index in [9.17, 15) is 0 Å². The second kappa shape index (κ2) is 5.31. The van der Waals surface area contributed by atoms with Crippen molar-refractivity contribution in [2.24, 2.45) is 0 Å². The Morgan fingerprint density at radius 3 is 2.56 bits per heavy atom. The normalized spacial score (nSPS) is 10.2. The van der Waals surface area contributed by atoms with E-state index in [0.717, 1.165) is 19.4 Å². The summed E-state index contributed by atoms with van der Waals surface area (Å²) in [7, 11) is 0. The lowest BCUT2D eigenvalue weighted by Crippen LogP contribution is -1.96. The van der Waals surface area contributed by atoms with Gasteiger partial charge in [0.15, 0.2) is 0 Å². The quantitative estimate of drug-likeness (QED) is 0.696. The number of nitrogens with zero attached hydrogens (tertiary/aromatic N) is 2. The first kappa shape index (κ1) is 10.7. The molecule has 0 aliphatic heterocycles. The van der Waals surface area contributed by atoms with Crippen LogP contribution in [-0.4, -0.2) is 9.55 Å². The highest BCUT2D eigenvalue weighted by Crippen LogP contribution is 2.08. The smallest absolute Gasteiger partial charge is 0.0949 e. The molecule has 0 atom stereocenters. The van der Waals surface area contributed by atoms with Gasteiger partial charge in [-0.2, -0.15) is 0 Å². The van der Waals surface area contributed by atoms with Crippen molar-refractivity contribution in [3.63, 3.8) is 0 Å². The summed E-state index contributed by atoms with van der Waals surface area (Å²) in [5, 5.41) is 0. The van der Waals surface area contributed by atoms with Crippen molar-refractivity contribution < 1.29 is 0 Å². The minimum atomic E-state index is 0.891. The molecule has 2 nitrogen and oxygen atoms in total. The first-order chi connectivity index (χ1) is 7.88. The molecule has 0 spiro atoms. The fourth-order valence-corrected chi connectivity index (χ4v) is 1.67. The number of aryl methyl sites for hydroxylation is 1. The largest absolute Gasteiger partial charge is 0.333 e. The minimum Gasteiger partial charge on any atom is -0.333 e. The van der Waals surface area contributed by atoms with Gasteiger partial charge in [0.05, 0.1) is 6.33 Å². The summed E-state index contributed by atoms with van der Waals surface area (Å²) < 4.78 is 2.07. The number of benzene rings is 1. The lowest BCUT2D eigenvalue weighted by molar-refractivity contribution is 0.796. The molecular weight excluding hydrogens is 196 g/mol. The van der Waals surface area contributed by atoms with E-state index in [0.29, 0.717) is 0 Å². The van der Waals surface area contributed by atoms with Gasteiger partial charge in [-0.15, -0.1) is 6.58 Å². The molecule has 0 radical (unpaired) electrons. The molecule has 0 unspecified atom stereocenters. The predicted octanol–water partition coefficient (Wildman–Crippen LogP) is 3.05. The third kappa shape index (κ3) is 2.83. The van der Waals surface area contributed by atoms with Gasteiger partial charge in [-0.05, 0) is 24.0 Å². The molecule has 0 N–H and O–H groups in total. The summed E-state index contributed by atoms with van der Waals surface area (Å²) in [5.74, 6) is 0. The molecule has 1 aromatic carbocycles. The van der Waals surface area contributed by atoms with Crippen LogP contribution in [0.5, 0.6) is 0 Å². The maximum Gasteiger partial charge on any atom is 0.0949 e. The Morgan fingerprint density at radius 1 is 1.19 bits per heavy atom. The molecule has 1 heterocycles. The second-order valence-corrected chi connectivity index (χ2v) is 3.88. The topological polar surface area (TPSA) is 17.8 Å². The van der Waals surface area contributed by atoms with Gasteiger partial charge in [0.25, 0.3) is 0 Å². The molecule has 0 fully saturated rings. The van der Waals surface area contributed by atoms with Crippen LogP contribution in [0.4, 0.5) is 0 Å². The average Bonchev–Trinajstić information content (AvgIpc) is 2.81. The van der Waals surface area contributed by atoms with Crippen molar-refractivity contribution in [2.45, 2.75) is 19.4 Å². The van der Waals surface area contributed by atoms with Crippen LogP contribution in [-0.2, 0) is 13.0 Å². The molecule has 82 valence electrons. The highest BCUT2D eigenvalue weighted by atomic mass is 15.0. The number of rotatable bonds is 5. The van der Waals surface area contributed by atoms with Gasteiger partial charge in [0, 0.05) is 18.9 Å². The fraction of sp³-hybridized carbons (Fsp3) is 0.214. The second-order valence-electron chi connectivity index (χ2n) is 3.88. The molecule has 0 saturated heterocycles.